The van der Waals surface area contributed by atoms with E-state index in [1.807, 2.05) is 18.2 Å². The van der Waals surface area contributed by atoms with Crippen LogP contribution in [0.25, 0.3) is 0 Å². The van der Waals surface area contributed by atoms with Crippen molar-refractivity contribution in [3.05, 3.63) is 71.3 Å². The second-order valence-electron chi connectivity index (χ2n) is 4.62. The Bertz CT molecular complexity index is 761. The molecule has 2 aromatic carbocycles. The van der Waals surface area contributed by atoms with Crippen LogP contribution in [0.2, 0.25) is 0 Å². The predicted octanol–water partition coefficient (Wildman–Crippen LogP) is 2.03. The van der Waals surface area contributed by atoms with Crippen LogP contribution in [-0.4, -0.2) is 16.8 Å². The molecule has 1 aliphatic rings. The maximum absolute atomic E-state index is 12.5. The zero-order valence-corrected chi connectivity index (χ0v) is 11.1. The first-order valence-corrected chi connectivity index (χ1v) is 6.44. The predicted molar refractivity (Wildman–Crippen MR) is 78.1 cm³/mol. The number of rotatable bonds is 1. The Labute approximate surface area is 121 Å². The molecule has 1 amide bonds. The van der Waals surface area contributed by atoms with E-state index in [1.54, 1.807) is 36.4 Å². The van der Waals surface area contributed by atoms with Crippen molar-refractivity contribution in [2.24, 2.45) is 10.8 Å². The van der Waals surface area contributed by atoms with Crippen molar-refractivity contribution in [3.8, 4) is 6.07 Å². The van der Waals surface area contributed by atoms with E-state index in [0.29, 0.717) is 16.7 Å². The van der Waals surface area contributed by atoms with Crippen LogP contribution in [-0.2, 0) is 0 Å². The van der Waals surface area contributed by atoms with Crippen LogP contribution in [0.5, 0.6) is 0 Å². The van der Waals surface area contributed by atoms with Gasteiger partial charge in [-0.3, -0.25) is 4.79 Å². The van der Waals surface area contributed by atoms with Gasteiger partial charge in [-0.2, -0.15) is 10.4 Å². The minimum Gasteiger partial charge on any atom is -0.382 e. The van der Waals surface area contributed by atoms with Crippen LogP contribution >= 0.6 is 0 Å². The molecule has 0 fully saturated rings. The normalized spacial score (nSPS) is 16.6. The molecule has 0 aromatic heterocycles. The van der Waals surface area contributed by atoms with Gasteiger partial charge in [0.25, 0.3) is 5.91 Å². The smallest absolute Gasteiger partial charge is 0.275 e. The van der Waals surface area contributed by atoms with E-state index in [2.05, 4.69) is 11.2 Å². The van der Waals surface area contributed by atoms with E-state index in [1.165, 1.54) is 0 Å². The number of nitriles is 1. The van der Waals surface area contributed by atoms with Crippen molar-refractivity contribution in [1.82, 2.24) is 5.01 Å². The third-order valence-corrected chi connectivity index (χ3v) is 3.34. The lowest BCUT2D eigenvalue weighted by molar-refractivity contribution is 0.0718. The molecule has 0 spiro atoms. The second-order valence-corrected chi connectivity index (χ2v) is 4.62. The number of hydrazone groups is 1. The van der Waals surface area contributed by atoms with Crippen molar-refractivity contribution in [1.29, 1.82) is 5.26 Å². The summed E-state index contributed by atoms with van der Waals surface area (Å²) in [4.78, 5) is 12.5. The van der Waals surface area contributed by atoms with E-state index < -0.39 is 6.04 Å². The summed E-state index contributed by atoms with van der Waals surface area (Å²) in [6.07, 6.45) is 0. The summed E-state index contributed by atoms with van der Waals surface area (Å²) in [5, 5.41) is 14.7. The summed E-state index contributed by atoms with van der Waals surface area (Å²) in [6, 6.07) is 17.3. The number of hydrogen-bond acceptors (Lipinski definition) is 4. The molecule has 2 aromatic rings. The number of carbonyl (C=O) groups excluding carboxylic acids is 1. The van der Waals surface area contributed by atoms with Crippen LogP contribution in [0.1, 0.15) is 27.5 Å². The first-order chi connectivity index (χ1) is 10.2. The maximum atomic E-state index is 12.5. The fraction of sp³-hybridized carbons (Fsp3) is 0.0625. The monoisotopic (exact) mass is 276 g/mol. The van der Waals surface area contributed by atoms with Gasteiger partial charge in [-0.1, -0.05) is 42.5 Å². The Kier molecular flexibility index (Phi) is 3.13. The summed E-state index contributed by atoms with van der Waals surface area (Å²) in [6.45, 7) is 0. The number of amidine groups is 1. The van der Waals surface area contributed by atoms with Crippen molar-refractivity contribution in [3.63, 3.8) is 0 Å². The molecule has 1 heterocycles. The van der Waals surface area contributed by atoms with Crippen molar-refractivity contribution in [2.75, 3.05) is 0 Å². The highest BCUT2D eigenvalue weighted by Gasteiger charge is 2.32. The first kappa shape index (κ1) is 12.9. The van der Waals surface area contributed by atoms with E-state index in [9.17, 15) is 10.1 Å². The molecule has 1 atom stereocenters. The van der Waals surface area contributed by atoms with Crippen LogP contribution in [0.15, 0.2) is 59.7 Å². The molecule has 5 nitrogen and oxygen atoms in total. The van der Waals surface area contributed by atoms with E-state index >= 15 is 0 Å². The van der Waals surface area contributed by atoms with Gasteiger partial charge in [-0.05, 0) is 12.1 Å². The Hall–Kier alpha value is -3.13. The minimum absolute atomic E-state index is 0.237. The quantitative estimate of drug-likeness (QED) is 0.865. The molecular weight excluding hydrogens is 264 g/mol. The van der Waals surface area contributed by atoms with Crippen molar-refractivity contribution < 1.29 is 4.79 Å². The highest BCUT2D eigenvalue weighted by molar-refractivity contribution is 6.03. The van der Waals surface area contributed by atoms with E-state index in [4.69, 9.17) is 5.73 Å². The lowest BCUT2D eigenvalue weighted by atomic mass is 9.98. The number of benzene rings is 2. The third-order valence-electron chi connectivity index (χ3n) is 3.34. The van der Waals surface area contributed by atoms with Crippen LogP contribution in [0.3, 0.4) is 0 Å². The molecule has 5 heteroatoms. The van der Waals surface area contributed by atoms with Gasteiger partial charge in [0.1, 0.15) is 0 Å². The summed E-state index contributed by atoms with van der Waals surface area (Å²) in [5.41, 5.74) is 7.77. The molecule has 0 radical (unpaired) electrons. The van der Waals surface area contributed by atoms with Gasteiger partial charge < -0.3 is 5.73 Å². The summed E-state index contributed by atoms with van der Waals surface area (Å²) >= 11 is 0. The number of nitrogens with zero attached hydrogens (tertiary/aromatic N) is 3. The average molecular weight is 276 g/mol. The molecule has 1 unspecified atom stereocenters. The largest absolute Gasteiger partial charge is 0.382 e. The minimum atomic E-state index is -0.777. The molecule has 0 bridgehead atoms. The molecule has 0 saturated heterocycles. The molecule has 3 rings (SSSR count). The Morgan fingerprint density at radius 2 is 1.81 bits per heavy atom. The molecule has 2 N–H and O–H groups in total. The second kappa shape index (κ2) is 5.10. The van der Waals surface area contributed by atoms with Gasteiger partial charge in [0.05, 0.1) is 6.07 Å². The fourth-order valence-electron chi connectivity index (χ4n) is 2.33. The van der Waals surface area contributed by atoms with Gasteiger partial charge in [-0.15, -0.1) is 0 Å². The Morgan fingerprint density at radius 1 is 1.14 bits per heavy atom. The number of fused-ring (bicyclic) bond motifs is 1. The van der Waals surface area contributed by atoms with Gasteiger partial charge in [0.2, 0.25) is 0 Å². The number of amides is 1. The topological polar surface area (TPSA) is 82.5 Å². The fourth-order valence-corrected chi connectivity index (χ4v) is 2.33. The highest BCUT2D eigenvalue weighted by Crippen LogP contribution is 2.29. The van der Waals surface area contributed by atoms with Gasteiger partial charge in [0.15, 0.2) is 11.9 Å². The van der Waals surface area contributed by atoms with Crippen molar-refractivity contribution >= 4 is 11.7 Å². The lowest BCUT2D eigenvalue weighted by Crippen LogP contribution is -2.37. The lowest BCUT2D eigenvalue weighted by Gasteiger charge is -2.28. The van der Waals surface area contributed by atoms with Gasteiger partial charge >= 0.3 is 0 Å². The molecule has 0 aliphatic carbocycles. The third kappa shape index (κ3) is 2.13. The first-order valence-electron chi connectivity index (χ1n) is 6.44. The molecule has 0 saturated carbocycles. The number of hydrogen-bond donors (Lipinski definition) is 1. The molecule has 1 aliphatic heterocycles. The summed E-state index contributed by atoms with van der Waals surface area (Å²) in [7, 11) is 0. The van der Waals surface area contributed by atoms with Crippen LogP contribution in [0, 0.1) is 11.3 Å². The zero-order chi connectivity index (χ0) is 14.8. The maximum Gasteiger partial charge on any atom is 0.275 e. The van der Waals surface area contributed by atoms with Gasteiger partial charge in [-0.25, -0.2) is 5.01 Å². The van der Waals surface area contributed by atoms with Gasteiger partial charge in [0, 0.05) is 16.7 Å². The summed E-state index contributed by atoms with van der Waals surface area (Å²) in [5.74, 6) is -0.110. The van der Waals surface area contributed by atoms with E-state index in [-0.39, 0.29) is 11.7 Å². The number of nitrogens with two attached hydrogens (primary N) is 1. The SMILES string of the molecule is N#CC1c2ccccc2C(N)=NN1C(=O)c1ccccc1. The number of carbonyl (C=O) groups is 1. The van der Waals surface area contributed by atoms with E-state index in [0.717, 1.165) is 5.01 Å². The van der Waals surface area contributed by atoms with Crippen molar-refractivity contribution in [2.45, 2.75) is 6.04 Å². The summed E-state index contributed by atoms with van der Waals surface area (Å²) < 4.78 is 0. The molecular formula is C16H12N4O. The highest BCUT2D eigenvalue weighted by atomic mass is 16.2. The molecule has 21 heavy (non-hydrogen) atoms. The Morgan fingerprint density at radius 3 is 2.52 bits per heavy atom. The van der Waals surface area contributed by atoms with Crippen LogP contribution < -0.4 is 5.73 Å². The Balaban J connectivity index is 2.07. The average Bonchev–Trinajstić information content (AvgIpc) is 2.55. The van der Waals surface area contributed by atoms with Crippen LogP contribution in [0.4, 0.5) is 0 Å². The zero-order valence-electron chi connectivity index (χ0n) is 11.1. The standard InChI is InChI=1S/C16H12N4O/c17-10-14-12-8-4-5-9-13(12)15(18)19-20(14)16(21)11-6-2-1-3-7-11/h1-9,14H,(H2,18,19). The molecule has 102 valence electrons.